The average Bonchev–Trinajstić information content (AvgIpc) is 3.28. The van der Waals surface area contributed by atoms with Gasteiger partial charge in [-0.05, 0) is 57.8 Å². The Bertz CT molecular complexity index is 845. The molecule has 1 aliphatic heterocycles. The third-order valence-electron chi connectivity index (χ3n) is 6.32. The predicted octanol–water partition coefficient (Wildman–Crippen LogP) is 2.86. The highest BCUT2D eigenvalue weighted by Crippen LogP contribution is 2.34. The molecule has 4 nitrogen and oxygen atoms in total. The van der Waals surface area contributed by atoms with Gasteiger partial charge in [-0.2, -0.15) is 0 Å². The highest BCUT2D eigenvalue weighted by atomic mass is 16.5. The highest BCUT2D eigenvalue weighted by Gasteiger charge is 2.39. The lowest BCUT2D eigenvalue weighted by atomic mass is 9.85. The van der Waals surface area contributed by atoms with Crippen LogP contribution in [0.3, 0.4) is 0 Å². The summed E-state index contributed by atoms with van der Waals surface area (Å²) < 4.78 is 5.57. The van der Waals surface area contributed by atoms with E-state index in [0.717, 1.165) is 30.5 Å². The van der Waals surface area contributed by atoms with Gasteiger partial charge in [-0.15, -0.1) is 0 Å². The number of likely N-dealkylation sites (tertiary alicyclic amines) is 1. The van der Waals surface area contributed by atoms with Gasteiger partial charge in [0.25, 0.3) is 5.91 Å². The summed E-state index contributed by atoms with van der Waals surface area (Å²) in [5.74, 6) is 0.546. The minimum absolute atomic E-state index is 0.0891. The topological polar surface area (TPSA) is 41.6 Å². The summed E-state index contributed by atoms with van der Waals surface area (Å²) in [6.45, 7) is 8.73. The molecule has 2 aromatic rings. The lowest BCUT2D eigenvalue weighted by Crippen LogP contribution is -2.52. The summed E-state index contributed by atoms with van der Waals surface area (Å²) in [5, 5.41) is 3.35. The van der Waals surface area contributed by atoms with Gasteiger partial charge in [-0.3, -0.25) is 9.69 Å². The molecule has 1 fully saturated rings. The fraction of sp³-hybridized carbons (Fsp3) is 0.458. The van der Waals surface area contributed by atoms with Gasteiger partial charge in [0.1, 0.15) is 13.6 Å². The van der Waals surface area contributed by atoms with E-state index in [9.17, 15) is 4.79 Å². The number of carbonyl (C=O) groups is 1. The van der Waals surface area contributed by atoms with Crippen LogP contribution >= 0.6 is 0 Å². The number of carbonyl (C=O) groups excluding carboxylic acids is 1. The molecule has 1 saturated heterocycles. The molecule has 3 rings (SSSR count). The van der Waals surface area contributed by atoms with Gasteiger partial charge in [0.05, 0.1) is 18.7 Å². The molecule has 0 radical (unpaired) electrons. The van der Waals surface area contributed by atoms with Crippen molar-refractivity contribution >= 4 is 19.2 Å². The van der Waals surface area contributed by atoms with Crippen LogP contribution in [0.2, 0.25) is 0 Å². The summed E-state index contributed by atoms with van der Waals surface area (Å²) in [6.07, 6.45) is 3.34. The van der Waals surface area contributed by atoms with Crippen LogP contribution < -0.4 is 15.5 Å². The molecule has 1 unspecified atom stereocenters. The second kappa shape index (κ2) is 9.04. The molecule has 154 valence electrons. The molecule has 0 aromatic heterocycles. The van der Waals surface area contributed by atoms with E-state index in [2.05, 4.69) is 51.0 Å². The molecular weight excluding hydrogens is 359 g/mol. The zero-order valence-corrected chi connectivity index (χ0v) is 18.4. The molecule has 1 heterocycles. The van der Waals surface area contributed by atoms with Crippen molar-refractivity contribution in [2.24, 2.45) is 0 Å². The number of rotatable bonds is 7. The third-order valence-corrected chi connectivity index (χ3v) is 6.32. The maximum atomic E-state index is 13.4. The van der Waals surface area contributed by atoms with E-state index in [1.807, 2.05) is 30.3 Å². The number of hydrogen-bond donors (Lipinski definition) is 1. The molecule has 5 heteroatoms. The van der Waals surface area contributed by atoms with E-state index >= 15 is 0 Å². The van der Waals surface area contributed by atoms with E-state index in [1.165, 1.54) is 18.4 Å². The normalized spacial score (nSPS) is 15.9. The fourth-order valence-electron chi connectivity index (χ4n) is 4.46. The second-order valence-electron chi connectivity index (χ2n) is 8.50. The Morgan fingerprint density at radius 1 is 1.21 bits per heavy atom. The van der Waals surface area contributed by atoms with E-state index in [-0.39, 0.29) is 17.5 Å². The molecule has 1 N–H and O–H groups in total. The van der Waals surface area contributed by atoms with Crippen molar-refractivity contribution in [1.29, 1.82) is 0 Å². The Hall–Kier alpha value is -2.27. The van der Waals surface area contributed by atoms with Crippen molar-refractivity contribution in [3.05, 3.63) is 59.2 Å². The molecule has 0 spiro atoms. The average molecular weight is 392 g/mol. The van der Waals surface area contributed by atoms with Crippen molar-refractivity contribution < 1.29 is 9.53 Å². The molecule has 29 heavy (non-hydrogen) atoms. The smallest absolute Gasteiger partial charge is 0.255 e. The number of methoxy groups -OCH3 is 1. The number of nitrogens with zero attached hydrogens (tertiary/aromatic N) is 1. The Morgan fingerprint density at radius 2 is 1.86 bits per heavy atom. The fourth-order valence-corrected chi connectivity index (χ4v) is 4.46. The van der Waals surface area contributed by atoms with E-state index in [0.29, 0.717) is 11.3 Å². The van der Waals surface area contributed by atoms with E-state index < -0.39 is 0 Å². The van der Waals surface area contributed by atoms with E-state index in [4.69, 9.17) is 4.74 Å². The number of aryl methyl sites for hydroxylation is 1. The number of nitrogens with one attached hydrogen (secondary N) is 1. The SMILES string of the molecule is Bc1cc(C(=O)NC(c2ccccc2)C(C)(C)N2CCCC2)c(OC)cc1CC. The first-order valence-electron chi connectivity index (χ1n) is 10.7. The molecular formula is C24H33BN2O2. The van der Waals surface area contributed by atoms with Crippen LogP contribution in [0.25, 0.3) is 0 Å². The summed E-state index contributed by atoms with van der Waals surface area (Å²) in [6, 6.07) is 14.1. The lowest BCUT2D eigenvalue weighted by molar-refractivity contribution is 0.0776. The van der Waals surface area contributed by atoms with Gasteiger partial charge in [-0.1, -0.05) is 54.3 Å². The van der Waals surface area contributed by atoms with Gasteiger partial charge in [-0.25, -0.2) is 0 Å². The Kier molecular flexibility index (Phi) is 6.68. The molecule has 1 amide bonds. The van der Waals surface area contributed by atoms with Crippen LogP contribution in [0.5, 0.6) is 5.75 Å². The molecule has 1 atom stereocenters. The molecule has 2 aromatic carbocycles. The Balaban J connectivity index is 1.96. The second-order valence-corrected chi connectivity index (χ2v) is 8.50. The van der Waals surface area contributed by atoms with Crippen LogP contribution in [0.4, 0.5) is 0 Å². The lowest BCUT2D eigenvalue weighted by Gasteiger charge is -2.42. The van der Waals surface area contributed by atoms with Gasteiger partial charge in [0, 0.05) is 5.54 Å². The first-order valence-corrected chi connectivity index (χ1v) is 10.7. The zero-order chi connectivity index (χ0) is 21.0. The maximum absolute atomic E-state index is 13.4. The summed E-state index contributed by atoms with van der Waals surface area (Å²) >= 11 is 0. The van der Waals surface area contributed by atoms with Crippen molar-refractivity contribution in [3.63, 3.8) is 0 Å². The minimum atomic E-state index is -0.195. The number of benzene rings is 2. The number of hydrogen-bond acceptors (Lipinski definition) is 3. The molecule has 1 aliphatic rings. The third kappa shape index (κ3) is 4.50. The predicted molar refractivity (Wildman–Crippen MR) is 122 cm³/mol. The van der Waals surface area contributed by atoms with Crippen molar-refractivity contribution in [2.45, 2.75) is 51.6 Å². The van der Waals surface area contributed by atoms with Crippen LogP contribution in [-0.4, -0.2) is 44.4 Å². The van der Waals surface area contributed by atoms with Crippen LogP contribution in [0.1, 0.15) is 61.1 Å². The molecule has 0 aliphatic carbocycles. The van der Waals surface area contributed by atoms with Crippen molar-refractivity contribution in [1.82, 2.24) is 10.2 Å². The Morgan fingerprint density at radius 3 is 2.45 bits per heavy atom. The largest absolute Gasteiger partial charge is 0.496 e. The number of amides is 1. The van der Waals surface area contributed by atoms with Crippen LogP contribution in [0, 0.1) is 0 Å². The monoisotopic (exact) mass is 392 g/mol. The van der Waals surface area contributed by atoms with Crippen molar-refractivity contribution in [3.8, 4) is 5.75 Å². The van der Waals surface area contributed by atoms with E-state index in [1.54, 1.807) is 7.11 Å². The van der Waals surface area contributed by atoms with Gasteiger partial charge in [0.15, 0.2) is 0 Å². The van der Waals surface area contributed by atoms with Gasteiger partial charge >= 0.3 is 0 Å². The first kappa shape index (κ1) is 21.4. The van der Waals surface area contributed by atoms with Crippen molar-refractivity contribution in [2.75, 3.05) is 20.2 Å². The minimum Gasteiger partial charge on any atom is -0.496 e. The number of ether oxygens (including phenoxy) is 1. The summed E-state index contributed by atoms with van der Waals surface area (Å²) in [4.78, 5) is 15.9. The van der Waals surface area contributed by atoms with Gasteiger partial charge in [0.2, 0.25) is 0 Å². The van der Waals surface area contributed by atoms with Gasteiger partial charge < -0.3 is 10.1 Å². The maximum Gasteiger partial charge on any atom is 0.255 e. The molecule has 0 bridgehead atoms. The highest BCUT2D eigenvalue weighted by molar-refractivity contribution is 6.34. The van der Waals surface area contributed by atoms with Crippen LogP contribution in [0.15, 0.2) is 42.5 Å². The summed E-state index contributed by atoms with van der Waals surface area (Å²) in [5.41, 5.74) is 3.85. The van der Waals surface area contributed by atoms with Crippen LogP contribution in [-0.2, 0) is 6.42 Å². The standard InChI is InChI=1S/C24H33BN2O2/c1-5-17-15-21(29-4)19(16-20(17)25)23(28)26-22(18-11-7-6-8-12-18)24(2,3)27-13-9-10-14-27/h6-8,11-12,15-16,22H,5,9-10,13-14,25H2,1-4H3,(H,26,28). The quantitative estimate of drug-likeness (QED) is 0.737. The summed E-state index contributed by atoms with van der Waals surface area (Å²) in [7, 11) is 3.68. The first-order chi connectivity index (χ1) is 13.9. The zero-order valence-electron chi connectivity index (χ0n) is 18.4. The molecule has 0 saturated carbocycles. The Labute approximate surface area is 176 Å².